The maximum Gasteiger partial charge on any atom is 0.239 e. The van der Waals surface area contributed by atoms with Crippen molar-refractivity contribution < 1.29 is 38.8 Å². The van der Waals surface area contributed by atoms with Crippen LogP contribution in [-0.2, 0) is 36.7 Å². The molecule has 0 saturated heterocycles. The largest absolute Gasteiger partial charge is 0.512 e. The molecule has 0 spiro atoms. The zero-order chi connectivity index (χ0) is 35.2. The van der Waals surface area contributed by atoms with E-state index in [1.807, 2.05) is 52.9 Å². The molecule has 0 amide bonds. The Balaban J connectivity index is 0.000000347. The molecule has 0 saturated carbocycles. The Morgan fingerprint density at radius 3 is 2.16 bits per heavy atom. The van der Waals surface area contributed by atoms with Gasteiger partial charge in [0.15, 0.2) is 5.78 Å². The standard InChI is InChI=1S/C29H26F2NS.C13H24O2.Ir/c1-17-18(10-12-25(30)31)9-11-22-23-13-14-32-26(28(23)33-27(17)22)20-15-19-7-5-6-8-21(19)24(16-20)29(2,3)4;1-5-10(6-2)12(14)9-13(15)11(7-3)8-4;/h5-9,11,13-14,16,25H,10,12H2,1-4H3;9-11,14H,5-8H2,1-4H3;/q-1;;/b;12-9-;. The molecule has 5 aromatic rings. The number of hydrogen-bond donors (Lipinski definition) is 1. The number of carbonyl (C=O) groups excluding carboxylic acids is 1. The maximum absolute atomic E-state index is 12.8. The number of thiophene rings is 1. The quantitative estimate of drug-likeness (QED) is 0.0818. The number of allylic oxidation sites excluding steroid dienone is 2. The second kappa shape index (κ2) is 17.8. The Bertz CT molecular complexity index is 1900. The summed E-state index contributed by atoms with van der Waals surface area (Å²) in [6.45, 7) is 16.8. The molecule has 0 atom stereocenters. The number of halogens is 2. The van der Waals surface area contributed by atoms with Gasteiger partial charge in [-0.05, 0) is 67.0 Å². The van der Waals surface area contributed by atoms with Crippen LogP contribution in [0, 0.1) is 24.8 Å². The number of alkyl halides is 2. The van der Waals surface area contributed by atoms with Gasteiger partial charge < -0.3 is 5.11 Å². The molecule has 3 aromatic carbocycles. The molecule has 5 rings (SSSR count). The number of carbonyl (C=O) groups is 1. The minimum atomic E-state index is -2.28. The van der Waals surface area contributed by atoms with Crippen LogP contribution < -0.4 is 0 Å². The zero-order valence-electron chi connectivity index (χ0n) is 30.0. The molecule has 2 heterocycles. The van der Waals surface area contributed by atoms with Gasteiger partial charge in [-0.2, -0.15) is 0 Å². The van der Waals surface area contributed by atoms with Gasteiger partial charge in [0.1, 0.15) is 0 Å². The smallest absolute Gasteiger partial charge is 0.239 e. The fourth-order valence-electron chi connectivity index (χ4n) is 6.43. The van der Waals surface area contributed by atoms with Crippen molar-refractivity contribution in [2.75, 3.05) is 0 Å². The molecule has 0 aliphatic carbocycles. The van der Waals surface area contributed by atoms with E-state index in [-0.39, 0.29) is 55.3 Å². The first kappa shape index (κ1) is 40.4. The van der Waals surface area contributed by atoms with E-state index in [9.17, 15) is 18.7 Å². The summed E-state index contributed by atoms with van der Waals surface area (Å²) in [6.07, 6.45) is 4.78. The molecule has 0 bridgehead atoms. The van der Waals surface area contributed by atoms with E-state index >= 15 is 0 Å². The Morgan fingerprint density at radius 2 is 1.55 bits per heavy atom. The molecule has 1 N–H and O–H groups in total. The summed E-state index contributed by atoms with van der Waals surface area (Å²) >= 11 is 1.71. The Morgan fingerprint density at radius 1 is 0.918 bits per heavy atom. The number of aromatic nitrogens is 1. The minimum Gasteiger partial charge on any atom is -0.512 e. The van der Waals surface area contributed by atoms with E-state index in [0.29, 0.717) is 6.42 Å². The number of aryl methyl sites for hydroxylation is 2. The summed E-state index contributed by atoms with van der Waals surface area (Å²) in [4.78, 5) is 16.5. The molecule has 7 heteroatoms. The van der Waals surface area contributed by atoms with Crippen LogP contribution in [-0.4, -0.2) is 22.3 Å². The van der Waals surface area contributed by atoms with Gasteiger partial charge in [-0.15, -0.1) is 40.5 Å². The first-order valence-corrected chi connectivity index (χ1v) is 18.1. The first-order valence-electron chi connectivity index (χ1n) is 17.3. The van der Waals surface area contributed by atoms with Crippen LogP contribution in [0.3, 0.4) is 0 Å². The number of fused-ring (bicyclic) bond motifs is 4. The number of nitrogens with zero attached hydrogens (tertiary/aromatic N) is 1. The van der Waals surface area contributed by atoms with Crippen LogP contribution in [0.15, 0.2) is 66.6 Å². The molecular formula is C42H50F2IrNO2S-. The molecular weight excluding hydrogens is 813 g/mol. The number of rotatable bonds is 11. The third kappa shape index (κ3) is 9.42. The number of pyridine rings is 1. The summed E-state index contributed by atoms with van der Waals surface area (Å²) in [7, 11) is 0. The number of benzene rings is 3. The topological polar surface area (TPSA) is 50.2 Å². The summed E-state index contributed by atoms with van der Waals surface area (Å²) in [6, 6.07) is 20.4. The van der Waals surface area contributed by atoms with Crippen molar-refractivity contribution in [2.24, 2.45) is 11.8 Å². The predicted octanol–water partition coefficient (Wildman–Crippen LogP) is 12.7. The number of ketones is 1. The van der Waals surface area contributed by atoms with E-state index < -0.39 is 6.43 Å². The maximum atomic E-state index is 12.8. The van der Waals surface area contributed by atoms with Crippen LogP contribution in [0.1, 0.15) is 97.3 Å². The SMILES string of the molecule is CCC(CC)C(=O)/C=C(\O)C(CC)CC.Cc1c(CCC(F)F)ccc2c1sc1c(-c3[c-]c4ccccc4c(C(C)(C)C)c3)nccc12.[Ir]. The van der Waals surface area contributed by atoms with E-state index in [4.69, 9.17) is 4.98 Å². The van der Waals surface area contributed by atoms with Crippen LogP contribution >= 0.6 is 11.3 Å². The molecule has 1 radical (unpaired) electrons. The van der Waals surface area contributed by atoms with Gasteiger partial charge in [0.2, 0.25) is 6.43 Å². The molecule has 2 aromatic heterocycles. The van der Waals surface area contributed by atoms with Crippen molar-refractivity contribution in [3.63, 3.8) is 0 Å². The molecule has 0 aliphatic rings. The Hall–Kier alpha value is -2.99. The number of aliphatic hydroxyl groups is 1. The van der Waals surface area contributed by atoms with Gasteiger partial charge in [-0.25, -0.2) is 8.78 Å². The van der Waals surface area contributed by atoms with Gasteiger partial charge in [0.05, 0.1) is 5.76 Å². The average Bonchev–Trinajstić information content (AvgIpc) is 3.44. The van der Waals surface area contributed by atoms with Gasteiger partial charge in [-0.3, -0.25) is 9.78 Å². The molecule has 265 valence electrons. The zero-order valence-corrected chi connectivity index (χ0v) is 33.3. The van der Waals surface area contributed by atoms with Crippen molar-refractivity contribution in [1.82, 2.24) is 4.98 Å². The van der Waals surface area contributed by atoms with Crippen LogP contribution in [0.4, 0.5) is 8.78 Å². The second-order valence-electron chi connectivity index (χ2n) is 13.7. The molecule has 0 aliphatic heterocycles. The van der Waals surface area contributed by atoms with Crippen molar-refractivity contribution in [3.8, 4) is 11.3 Å². The predicted molar refractivity (Wildman–Crippen MR) is 201 cm³/mol. The monoisotopic (exact) mass is 863 g/mol. The van der Waals surface area contributed by atoms with E-state index in [1.54, 1.807) is 11.3 Å². The third-order valence-electron chi connectivity index (χ3n) is 9.47. The average molecular weight is 863 g/mol. The van der Waals surface area contributed by atoms with Gasteiger partial charge in [0, 0.05) is 71.1 Å². The Kier molecular flexibility index (Phi) is 14.7. The minimum absolute atomic E-state index is 0. The first-order chi connectivity index (χ1) is 22.8. The van der Waals surface area contributed by atoms with E-state index in [2.05, 4.69) is 63.2 Å². The van der Waals surface area contributed by atoms with Crippen molar-refractivity contribution in [2.45, 2.75) is 106 Å². The third-order valence-corrected chi connectivity index (χ3v) is 10.8. The van der Waals surface area contributed by atoms with E-state index in [1.165, 1.54) is 17.0 Å². The van der Waals surface area contributed by atoms with E-state index in [0.717, 1.165) is 73.6 Å². The van der Waals surface area contributed by atoms with Crippen molar-refractivity contribution >= 4 is 48.1 Å². The van der Waals surface area contributed by atoms with Crippen molar-refractivity contribution in [1.29, 1.82) is 0 Å². The molecule has 0 fully saturated rings. The normalized spacial score (nSPS) is 12.2. The fourth-order valence-corrected chi connectivity index (χ4v) is 7.75. The van der Waals surface area contributed by atoms with Gasteiger partial charge in [0.25, 0.3) is 0 Å². The van der Waals surface area contributed by atoms with Crippen LogP contribution in [0.5, 0.6) is 0 Å². The van der Waals surface area contributed by atoms with Crippen LogP contribution in [0.25, 0.3) is 42.2 Å². The summed E-state index contributed by atoms with van der Waals surface area (Å²) < 4.78 is 27.9. The number of aliphatic hydroxyl groups excluding tert-OH is 1. The fraction of sp³-hybridized carbons (Fsp3) is 0.429. The number of hydrogen-bond acceptors (Lipinski definition) is 4. The summed E-state index contributed by atoms with van der Waals surface area (Å²) in [5, 5.41) is 14.4. The molecule has 49 heavy (non-hydrogen) atoms. The van der Waals surface area contributed by atoms with Gasteiger partial charge in [-0.1, -0.05) is 89.7 Å². The Labute approximate surface area is 308 Å². The van der Waals surface area contributed by atoms with Crippen LogP contribution in [0.2, 0.25) is 0 Å². The van der Waals surface area contributed by atoms with Crippen molar-refractivity contribution in [3.05, 3.63) is 89.3 Å². The van der Waals surface area contributed by atoms with Gasteiger partial charge >= 0.3 is 0 Å². The summed E-state index contributed by atoms with van der Waals surface area (Å²) in [5.41, 5.74) is 5.27. The molecule has 3 nitrogen and oxygen atoms in total. The molecule has 0 unspecified atom stereocenters. The second-order valence-corrected chi connectivity index (χ2v) is 14.7. The summed E-state index contributed by atoms with van der Waals surface area (Å²) in [5.74, 6) is 0.547.